The molecule has 138 valence electrons. The Hall–Kier alpha value is -2.10. The molecule has 0 N–H and O–H groups in total. The smallest absolute Gasteiger partial charge is 0.118 e. The van der Waals surface area contributed by atoms with Crippen LogP contribution in [0.1, 0.15) is 17.0 Å². The lowest BCUT2D eigenvalue weighted by Gasteiger charge is -2.06. The number of halogens is 1. The molecule has 27 heavy (non-hydrogen) atoms. The van der Waals surface area contributed by atoms with Crippen LogP contribution in [0.2, 0.25) is 0 Å². The maximum Gasteiger partial charge on any atom is 0.118 e. The van der Waals surface area contributed by atoms with E-state index in [0.717, 1.165) is 12.4 Å². The van der Waals surface area contributed by atoms with Crippen molar-refractivity contribution in [3.8, 4) is 16.9 Å². The molecule has 0 amide bonds. The predicted molar refractivity (Wildman–Crippen MR) is 113 cm³/mol. The monoisotopic (exact) mass is 422 g/mol. The van der Waals surface area contributed by atoms with Gasteiger partial charge in [-0.1, -0.05) is 82.7 Å². The van der Waals surface area contributed by atoms with E-state index in [9.17, 15) is 0 Å². The molecule has 1 aliphatic rings. The minimum atomic E-state index is 0.500. The molecule has 0 bridgehead atoms. The fourth-order valence-corrected chi connectivity index (χ4v) is 4.53. The van der Waals surface area contributed by atoms with Gasteiger partial charge < -0.3 is 9.47 Å². The van der Waals surface area contributed by atoms with Gasteiger partial charge in [-0.05, 0) is 34.4 Å². The SMILES string of the molecule is COc1ccc(-c2ccc([C@H]3[C@@H](Br)[C@@H]3COCc3ccccc3)cc2)cc1. The van der Waals surface area contributed by atoms with Gasteiger partial charge in [0.2, 0.25) is 0 Å². The average molecular weight is 423 g/mol. The van der Waals surface area contributed by atoms with E-state index in [1.807, 2.05) is 18.2 Å². The highest BCUT2D eigenvalue weighted by molar-refractivity contribution is 9.09. The Bertz CT molecular complexity index is 859. The molecule has 0 heterocycles. The molecular formula is C24H23BrO2. The average Bonchev–Trinajstić information content (AvgIpc) is 3.38. The van der Waals surface area contributed by atoms with Crippen LogP contribution in [0.5, 0.6) is 5.75 Å². The molecule has 1 aliphatic carbocycles. The van der Waals surface area contributed by atoms with Crippen LogP contribution < -0.4 is 4.74 Å². The maximum atomic E-state index is 5.94. The first kappa shape index (κ1) is 18.3. The standard InChI is InChI=1S/C24H23BrO2/c1-26-21-13-11-19(12-14-21)18-7-9-20(10-8-18)23-22(24(23)25)16-27-15-17-5-3-2-4-6-17/h2-14,22-24H,15-16H2,1H3/t22-,23-,24+/m1/s1. The third-order valence-corrected chi connectivity index (χ3v) is 6.46. The zero-order valence-electron chi connectivity index (χ0n) is 15.3. The van der Waals surface area contributed by atoms with E-state index < -0.39 is 0 Å². The van der Waals surface area contributed by atoms with Crippen molar-refractivity contribution in [3.63, 3.8) is 0 Å². The van der Waals surface area contributed by atoms with E-state index in [0.29, 0.717) is 23.3 Å². The lowest BCUT2D eigenvalue weighted by molar-refractivity contribution is 0.110. The molecule has 2 nitrogen and oxygen atoms in total. The van der Waals surface area contributed by atoms with Crippen molar-refractivity contribution in [2.45, 2.75) is 17.4 Å². The first-order chi connectivity index (χ1) is 13.3. The van der Waals surface area contributed by atoms with Crippen LogP contribution in [0.15, 0.2) is 78.9 Å². The van der Waals surface area contributed by atoms with Crippen LogP contribution in [0.3, 0.4) is 0 Å². The third kappa shape index (κ3) is 4.26. The summed E-state index contributed by atoms with van der Waals surface area (Å²) in [6, 6.07) is 27.4. The van der Waals surface area contributed by atoms with Crippen LogP contribution in [-0.2, 0) is 11.3 Å². The Labute approximate surface area is 169 Å². The van der Waals surface area contributed by atoms with Gasteiger partial charge in [0.15, 0.2) is 0 Å². The summed E-state index contributed by atoms with van der Waals surface area (Å²) in [5.74, 6) is 1.96. The third-order valence-electron chi connectivity index (χ3n) is 5.21. The molecule has 1 saturated carbocycles. The summed E-state index contributed by atoms with van der Waals surface area (Å²) in [7, 11) is 1.69. The van der Waals surface area contributed by atoms with Gasteiger partial charge in [0.1, 0.15) is 5.75 Å². The van der Waals surface area contributed by atoms with Crippen LogP contribution in [-0.4, -0.2) is 18.5 Å². The number of alkyl halides is 1. The molecule has 0 unspecified atom stereocenters. The summed E-state index contributed by atoms with van der Waals surface area (Å²) in [5.41, 5.74) is 5.04. The highest BCUT2D eigenvalue weighted by atomic mass is 79.9. The molecule has 0 aliphatic heterocycles. The van der Waals surface area contributed by atoms with Crippen molar-refractivity contribution in [2.75, 3.05) is 13.7 Å². The van der Waals surface area contributed by atoms with E-state index in [4.69, 9.17) is 9.47 Å². The van der Waals surface area contributed by atoms with E-state index in [1.165, 1.54) is 22.3 Å². The van der Waals surface area contributed by atoms with Crippen molar-refractivity contribution < 1.29 is 9.47 Å². The van der Waals surface area contributed by atoms with Crippen LogP contribution >= 0.6 is 15.9 Å². The van der Waals surface area contributed by atoms with Gasteiger partial charge in [0.25, 0.3) is 0 Å². The van der Waals surface area contributed by atoms with E-state index in [-0.39, 0.29) is 0 Å². The zero-order valence-corrected chi connectivity index (χ0v) is 16.9. The normalized spacial score (nSPS) is 21.0. The molecule has 4 rings (SSSR count). The molecule has 0 spiro atoms. The number of hydrogen-bond acceptors (Lipinski definition) is 2. The van der Waals surface area contributed by atoms with Crippen LogP contribution in [0.25, 0.3) is 11.1 Å². The minimum absolute atomic E-state index is 0.500. The van der Waals surface area contributed by atoms with E-state index in [2.05, 4.69) is 76.6 Å². The fourth-order valence-electron chi connectivity index (χ4n) is 3.53. The molecule has 3 heteroatoms. The van der Waals surface area contributed by atoms with Crippen molar-refractivity contribution in [1.82, 2.24) is 0 Å². The number of methoxy groups -OCH3 is 1. The first-order valence-corrected chi connectivity index (χ1v) is 10.2. The number of hydrogen-bond donors (Lipinski definition) is 0. The molecule has 0 radical (unpaired) electrons. The quantitative estimate of drug-likeness (QED) is 0.431. The molecule has 3 aromatic rings. The van der Waals surface area contributed by atoms with Crippen molar-refractivity contribution >= 4 is 15.9 Å². The number of rotatable bonds is 7. The van der Waals surface area contributed by atoms with Gasteiger partial charge in [0, 0.05) is 16.7 Å². The van der Waals surface area contributed by atoms with Crippen LogP contribution in [0.4, 0.5) is 0 Å². The molecule has 1 fully saturated rings. The molecule has 0 saturated heterocycles. The first-order valence-electron chi connectivity index (χ1n) is 9.26. The Balaban J connectivity index is 1.34. The summed E-state index contributed by atoms with van der Waals surface area (Å²) in [6.07, 6.45) is 0. The molecule has 0 aromatic heterocycles. The second kappa shape index (κ2) is 8.28. The van der Waals surface area contributed by atoms with Gasteiger partial charge in [-0.25, -0.2) is 0 Å². The van der Waals surface area contributed by atoms with E-state index >= 15 is 0 Å². The second-order valence-corrected chi connectivity index (χ2v) is 8.04. The lowest BCUT2D eigenvalue weighted by atomic mass is 10.0. The number of benzene rings is 3. The van der Waals surface area contributed by atoms with Crippen molar-refractivity contribution in [3.05, 3.63) is 90.0 Å². The zero-order chi connectivity index (χ0) is 18.6. The molecule has 3 atom stereocenters. The lowest BCUT2D eigenvalue weighted by Crippen LogP contribution is -1.99. The highest BCUT2D eigenvalue weighted by Crippen LogP contribution is 2.53. The number of ether oxygens (including phenoxy) is 2. The Kier molecular flexibility index (Phi) is 5.61. The highest BCUT2D eigenvalue weighted by Gasteiger charge is 2.49. The second-order valence-electron chi connectivity index (χ2n) is 6.99. The van der Waals surface area contributed by atoms with Gasteiger partial charge in [-0.3, -0.25) is 0 Å². The Morgan fingerprint density at radius 2 is 1.44 bits per heavy atom. The molecular weight excluding hydrogens is 400 g/mol. The Morgan fingerprint density at radius 1 is 0.815 bits per heavy atom. The predicted octanol–water partition coefficient (Wildman–Crippen LogP) is 6.06. The Morgan fingerprint density at radius 3 is 2.07 bits per heavy atom. The van der Waals surface area contributed by atoms with Gasteiger partial charge in [-0.15, -0.1) is 0 Å². The summed E-state index contributed by atoms with van der Waals surface area (Å²) in [5, 5.41) is 0. The summed E-state index contributed by atoms with van der Waals surface area (Å²) < 4.78 is 11.2. The summed E-state index contributed by atoms with van der Waals surface area (Å²) in [6.45, 7) is 1.47. The molecule has 3 aromatic carbocycles. The fraction of sp³-hybridized carbons (Fsp3) is 0.250. The topological polar surface area (TPSA) is 18.5 Å². The van der Waals surface area contributed by atoms with Gasteiger partial charge in [-0.2, -0.15) is 0 Å². The summed E-state index contributed by atoms with van der Waals surface area (Å²) >= 11 is 3.82. The van der Waals surface area contributed by atoms with E-state index in [1.54, 1.807) is 7.11 Å². The van der Waals surface area contributed by atoms with Gasteiger partial charge in [0.05, 0.1) is 20.3 Å². The van der Waals surface area contributed by atoms with Crippen molar-refractivity contribution in [2.24, 2.45) is 5.92 Å². The van der Waals surface area contributed by atoms with Crippen LogP contribution in [0, 0.1) is 5.92 Å². The minimum Gasteiger partial charge on any atom is -0.497 e. The maximum absolute atomic E-state index is 5.94. The van der Waals surface area contributed by atoms with Gasteiger partial charge >= 0.3 is 0 Å². The summed E-state index contributed by atoms with van der Waals surface area (Å²) in [4.78, 5) is 0.500. The van der Waals surface area contributed by atoms with Crippen molar-refractivity contribution in [1.29, 1.82) is 0 Å². The largest absolute Gasteiger partial charge is 0.497 e.